The summed E-state index contributed by atoms with van der Waals surface area (Å²) < 4.78 is 0. The highest BCUT2D eigenvalue weighted by molar-refractivity contribution is 5.97. The number of fused-ring (bicyclic) bond motifs is 1. The summed E-state index contributed by atoms with van der Waals surface area (Å²) in [6.07, 6.45) is 0. The van der Waals surface area contributed by atoms with Crippen molar-refractivity contribution in [2.75, 3.05) is 0 Å². The highest BCUT2D eigenvalue weighted by atomic mass is 16.3. The number of benzene rings is 2. The van der Waals surface area contributed by atoms with Gasteiger partial charge in [0.05, 0.1) is 0 Å². The van der Waals surface area contributed by atoms with Crippen LogP contribution in [-0.4, -0.2) is 10.2 Å². The monoisotopic (exact) mass is 308 g/mol. The van der Waals surface area contributed by atoms with Crippen molar-refractivity contribution in [3.63, 3.8) is 0 Å². The lowest BCUT2D eigenvalue weighted by molar-refractivity contribution is 0.402. The molecule has 0 aromatic heterocycles. The molecule has 3 aromatic carbocycles. The largest absolute Gasteiger partial charge is 0.504 e. The molecule has 0 radical (unpaired) electrons. The van der Waals surface area contributed by atoms with Crippen molar-refractivity contribution in [2.45, 2.75) is 20.8 Å². The smallest absolute Gasteiger partial charge is 0.224 e. The summed E-state index contributed by atoms with van der Waals surface area (Å²) in [4.78, 5) is 11.7. The van der Waals surface area contributed by atoms with Crippen LogP contribution < -0.4 is 5.43 Å². The van der Waals surface area contributed by atoms with E-state index in [0.29, 0.717) is 5.56 Å². The molecule has 118 valence electrons. The third-order valence-electron chi connectivity index (χ3n) is 3.61. The lowest BCUT2D eigenvalue weighted by Crippen LogP contribution is -1.94. The molecule has 2 N–H and O–H groups in total. The topological polar surface area (TPSA) is 57.5 Å². The fraction of sp³-hybridized carbons (Fsp3) is 0.150. The third kappa shape index (κ3) is 3.19. The van der Waals surface area contributed by atoms with E-state index < -0.39 is 16.9 Å². The zero-order valence-electron chi connectivity index (χ0n) is 13.5. The van der Waals surface area contributed by atoms with Crippen LogP contribution in [0.4, 0.5) is 0 Å². The molecule has 0 unspecified atom stereocenters. The fourth-order valence-electron chi connectivity index (χ4n) is 2.54. The van der Waals surface area contributed by atoms with Crippen molar-refractivity contribution < 1.29 is 10.2 Å². The van der Waals surface area contributed by atoms with E-state index in [1.807, 2.05) is 56.3 Å². The van der Waals surface area contributed by atoms with E-state index in [4.69, 9.17) is 0 Å². The standard InChI is InChI=1S/C18H14O3.C2H6/c1-11-9-16(19)18(21)17(20)10-15(11)14-8-4-6-12-5-2-3-7-13(12)14;1-2/h2-10H,1H3,(H2,19,20,21);1-2H3. The molecular weight excluding hydrogens is 288 g/mol. The minimum absolute atomic E-state index is 0.406. The Balaban J connectivity index is 0.000000924. The first-order valence-electron chi connectivity index (χ1n) is 7.63. The summed E-state index contributed by atoms with van der Waals surface area (Å²) in [7, 11) is 0. The van der Waals surface area contributed by atoms with Gasteiger partial charge in [0.1, 0.15) is 0 Å². The van der Waals surface area contributed by atoms with Crippen LogP contribution in [0, 0.1) is 6.92 Å². The molecule has 0 aliphatic rings. The Bertz CT molecular complexity index is 893. The average molecular weight is 308 g/mol. The van der Waals surface area contributed by atoms with Crippen LogP contribution in [0.1, 0.15) is 19.4 Å². The van der Waals surface area contributed by atoms with Crippen LogP contribution >= 0.6 is 0 Å². The second kappa shape index (κ2) is 6.97. The molecule has 0 atom stereocenters. The van der Waals surface area contributed by atoms with Gasteiger partial charge in [0, 0.05) is 0 Å². The Hall–Kier alpha value is -2.81. The van der Waals surface area contributed by atoms with Gasteiger partial charge >= 0.3 is 0 Å². The number of hydrogen-bond acceptors (Lipinski definition) is 3. The summed E-state index contributed by atoms with van der Waals surface area (Å²) in [6, 6.07) is 16.6. The van der Waals surface area contributed by atoms with E-state index in [-0.39, 0.29) is 0 Å². The number of rotatable bonds is 1. The highest BCUT2D eigenvalue weighted by Crippen LogP contribution is 2.33. The summed E-state index contributed by atoms with van der Waals surface area (Å²) in [5.74, 6) is -1.03. The van der Waals surface area contributed by atoms with Gasteiger partial charge in [-0.05, 0) is 46.5 Å². The number of aryl methyl sites for hydroxylation is 1. The highest BCUT2D eigenvalue weighted by Gasteiger charge is 2.10. The van der Waals surface area contributed by atoms with E-state index in [1.54, 1.807) is 6.92 Å². The Labute approximate surface area is 135 Å². The second-order valence-corrected chi connectivity index (χ2v) is 5.01. The van der Waals surface area contributed by atoms with Crippen LogP contribution in [0.3, 0.4) is 0 Å². The van der Waals surface area contributed by atoms with Crippen molar-refractivity contribution in [3.8, 4) is 22.6 Å². The molecular formula is C20H20O3. The molecule has 3 nitrogen and oxygen atoms in total. The summed E-state index contributed by atoms with van der Waals surface area (Å²) >= 11 is 0. The minimum Gasteiger partial charge on any atom is -0.504 e. The molecule has 23 heavy (non-hydrogen) atoms. The van der Waals surface area contributed by atoms with Gasteiger partial charge in [-0.25, -0.2) is 0 Å². The average Bonchev–Trinajstić information content (AvgIpc) is 2.68. The normalized spacial score (nSPS) is 10.0. The maximum Gasteiger partial charge on any atom is 0.224 e. The Morgan fingerprint density at radius 2 is 1.48 bits per heavy atom. The molecule has 0 saturated heterocycles. The lowest BCUT2D eigenvalue weighted by Gasteiger charge is -2.07. The molecule has 0 bridgehead atoms. The van der Waals surface area contributed by atoms with Crippen molar-refractivity contribution in [2.24, 2.45) is 0 Å². The van der Waals surface area contributed by atoms with Gasteiger partial charge in [-0.15, -0.1) is 0 Å². The second-order valence-electron chi connectivity index (χ2n) is 5.01. The van der Waals surface area contributed by atoms with E-state index >= 15 is 0 Å². The Morgan fingerprint density at radius 1 is 0.826 bits per heavy atom. The van der Waals surface area contributed by atoms with Gasteiger partial charge in [0.2, 0.25) is 11.2 Å². The van der Waals surface area contributed by atoms with Crippen LogP contribution in [0.15, 0.2) is 59.4 Å². The molecule has 3 rings (SSSR count). The van der Waals surface area contributed by atoms with Crippen molar-refractivity contribution >= 4 is 10.8 Å². The number of aromatic hydroxyl groups is 2. The quantitative estimate of drug-likeness (QED) is 0.690. The van der Waals surface area contributed by atoms with Crippen molar-refractivity contribution in [1.29, 1.82) is 0 Å². The molecule has 3 aromatic rings. The van der Waals surface area contributed by atoms with E-state index in [0.717, 1.165) is 21.9 Å². The predicted octanol–water partition coefficient (Wildman–Crippen LogP) is 4.61. The van der Waals surface area contributed by atoms with Gasteiger partial charge in [0.15, 0.2) is 5.75 Å². The van der Waals surface area contributed by atoms with E-state index in [9.17, 15) is 15.0 Å². The Morgan fingerprint density at radius 3 is 2.22 bits per heavy atom. The Kier molecular flexibility index (Phi) is 5.02. The first kappa shape index (κ1) is 16.6. The maximum atomic E-state index is 11.7. The van der Waals surface area contributed by atoms with Crippen molar-refractivity contribution in [1.82, 2.24) is 0 Å². The summed E-state index contributed by atoms with van der Waals surface area (Å²) in [5.41, 5.74) is 1.75. The molecule has 0 heterocycles. The van der Waals surface area contributed by atoms with E-state index in [1.165, 1.54) is 12.1 Å². The molecule has 0 spiro atoms. The van der Waals surface area contributed by atoms with Crippen LogP contribution in [0.2, 0.25) is 0 Å². The zero-order chi connectivity index (χ0) is 17.0. The van der Waals surface area contributed by atoms with Crippen LogP contribution in [-0.2, 0) is 0 Å². The first-order chi connectivity index (χ1) is 11.1. The van der Waals surface area contributed by atoms with Crippen LogP contribution in [0.5, 0.6) is 11.5 Å². The molecule has 0 amide bonds. The zero-order valence-corrected chi connectivity index (χ0v) is 13.5. The molecule has 0 aliphatic heterocycles. The first-order valence-corrected chi connectivity index (χ1v) is 7.63. The number of hydrogen-bond donors (Lipinski definition) is 2. The SMILES string of the molecule is CC.Cc1cc(=O)c(O)c(O)cc1-c1cccc2ccccc12. The van der Waals surface area contributed by atoms with Gasteiger partial charge < -0.3 is 10.2 Å². The molecule has 0 aliphatic carbocycles. The third-order valence-corrected chi connectivity index (χ3v) is 3.61. The van der Waals surface area contributed by atoms with Gasteiger partial charge in [0.25, 0.3) is 0 Å². The summed E-state index contributed by atoms with van der Waals surface area (Å²) in [5, 5.41) is 21.6. The van der Waals surface area contributed by atoms with Crippen molar-refractivity contribution in [3.05, 3.63) is 70.4 Å². The molecule has 3 heteroatoms. The lowest BCUT2D eigenvalue weighted by atomic mass is 9.96. The maximum absolute atomic E-state index is 11.7. The summed E-state index contributed by atoms with van der Waals surface area (Å²) in [6.45, 7) is 5.79. The minimum atomic E-state index is -0.621. The van der Waals surface area contributed by atoms with Crippen LogP contribution in [0.25, 0.3) is 21.9 Å². The molecule has 0 saturated carbocycles. The fourth-order valence-corrected chi connectivity index (χ4v) is 2.54. The molecule has 0 fully saturated rings. The van der Waals surface area contributed by atoms with Gasteiger partial charge in [-0.1, -0.05) is 56.3 Å². The van der Waals surface area contributed by atoms with E-state index in [2.05, 4.69) is 0 Å². The van der Waals surface area contributed by atoms with Gasteiger partial charge in [-0.2, -0.15) is 0 Å². The predicted molar refractivity (Wildman–Crippen MR) is 95.1 cm³/mol. The van der Waals surface area contributed by atoms with Gasteiger partial charge in [-0.3, -0.25) is 4.79 Å².